The zero-order valence-corrected chi connectivity index (χ0v) is 17.1. The van der Waals surface area contributed by atoms with Crippen LogP contribution in [0.4, 0.5) is 18.9 Å². The molecule has 0 aliphatic rings. The van der Waals surface area contributed by atoms with E-state index >= 15 is 0 Å². The standard InChI is InChI=1S/C18H23ClF3NO2S/c1-16(2,3)25-15(24)13(26-17(4,5)6)14(18(20,21)22)23-12-9-7-11(19)8-10-12/h7-10,13H,1-6H3. The first-order chi connectivity index (χ1) is 11.6. The molecule has 1 atom stereocenters. The first-order valence-corrected chi connectivity index (χ1v) is 9.16. The van der Waals surface area contributed by atoms with E-state index in [1.54, 1.807) is 41.5 Å². The second kappa shape index (κ2) is 8.21. The molecule has 1 rings (SSSR count). The third kappa shape index (κ3) is 7.99. The van der Waals surface area contributed by atoms with E-state index in [0.29, 0.717) is 5.02 Å². The van der Waals surface area contributed by atoms with Crippen LogP contribution in [-0.2, 0) is 9.53 Å². The molecular formula is C18H23ClF3NO2S. The summed E-state index contributed by atoms with van der Waals surface area (Å²) < 4.78 is 45.8. The zero-order chi connectivity index (χ0) is 20.3. The number of thioether (sulfide) groups is 1. The Kier molecular flexibility index (Phi) is 7.21. The van der Waals surface area contributed by atoms with Crippen molar-refractivity contribution in [3.05, 3.63) is 29.3 Å². The van der Waals surface area contributed by atoms with Crippen LogP contribution in [0.5, 0.6) is 0 Å². The maximum atomic E-state index is 13.7. The van der Waals surface area contributed by atoms with Crippen molar-refractivity contribution in [2.45, 2.75) is 63.3 Å². The van der Waals surface area contributed by atoms with Gasteiger partial charge in [-0.1, -0.05) is 32.4 Å². The lowest BCUT2D eigenvalue weighted by molar-refractivity contribution is -0.153. The molecule has 0 aliphatic carbocycles. The minimum atomic E-state index is -4.79. The summed E-state index contributed by atoms with van der Waals surface area (Å²) in [7, 11) is 0. The number of ether oxygens (including phenoxy) is 1. The minimum Gasteiger partial charge on any atom is -0.459 e. The van der Waals surface area contributed by atoms with Crippen molar-refractivity contribution in [2.75, 3.05) is 0 Å². The highest BCUT2D eigenvalue weighted by Crippen LogP contribution is 2.36. The lowest BCUT2D eigenvalue weighted by Crippen LogP contribution is -2.43. The number of hydrogen-bond acceptors (Lipinski definition) is 4. The first kappa shape index (κ1) is 22.8. The molecule has 0 fully saturated rings. The fourth-order valence-electron chi connectivity index (χ4n) is 1.85. The molecule has 0 spiro atoms. The molecule has 0 heterocycles. The van der Waals surface area contributed by atoms with Crippen LogP contribution in [0, 0.1) is 0 Å². The van der Waals surface area contributed by atoms with Gasteiger partial charge in [-0.15, -0.1) is 11.8 Å². The zero-order valence-electron chi connectivity index (χ0n) is 15.6. The maximum absolute atomic E-state index is 13.7. The molecule has 1 unspecified atom stereocenters. The van der Waals surface area contributed by atoms with Crippen molar-refractivity contribution in [1.29, 1.82) is 0 Å². The highest BCUT2D eigenvalue weighted by Gasteiger charge is 2.47. The Hall–Kier alpha value is -1.21. The van der Waals surface area contributed by atoms with Crippen LogP contribution >= 0.6 is 23.4 Å². The summed E-state index contributed by atoms with van der Waals surface area (Å²) in [6, 6.07) is 5.60. The first-order valence-electron chi connectivity index (χ1n) is 7.90. The molecule has 1 aromatic rings. The van der Waals surface area contributed by atoms with E-state index < -0.39 is 33.5 Å². The summed E-state index contributed by atoms with van der Waals surface area (Å²) in [5.74, 6) is -0.970. The molecule has 8 heteroatoms. The SMILES string of the molecule is CC(C)(C)OC(=O)C(SC(C)(C)C)C(=Nc1ccc(Cl)cc1)C(F)(F)F. The number of rotatable bonds is 4. The average Bonchev–Trinajstić information content (AvgIpc) is 2.40. The predicted molar refractivity (Wildman–Crippen MR) is 102 cm³/mol. The van der Waals surface area contributed by atoms with E-state index in [2.05, 4.69) is 4.99 Å². The Bertz CT molecular complexity index is 659. The summed E-state index contributed by atoms with van der Waals surface area (Å²) >= 11 is 6.62. The number of hydrogen-bond donors (Lipinski definition) is 0. The van der Waals surface area contributed by atoms with Crippen LogP contribution in [0.15, 0.2) is 29.3 Å². The van der Waals surface area contributed by atoms with E-state index in [4.69, 9.17) is 16.3 Å². The van der Waals surface area contributed by atoms with Crippen molar-refractivity contribution in [2.24, 2.45) is 4.99 Å². The van der Waals surface area contributed by atoms with Crippen LogP contribution in [-0.4, -0.2) is 33.5 Å². The highest BCUT2D eigenvalue weighted by molar-refractivity contribution is 8.02. The normalized spacial score (nSPS) is 14.9. The van der Waals surface area contributed by atoms with Crippen LogP contribution in [0.1, 0.15) is 41.5 Å². The molecular weight excluding hydrogens is 387 g/mol. The van der Waals surface area contributed by atoms with Gasteiger partial charge >= 0.3 is 12.1 Å². The van der Waals surface area contributed by atoms with Crippen molar-refractivity contribution in [3.8, 4) is 0 Å². The molecule has 0 saturated carbocycles. The number of carbonyl (C=O) groups is 1. The molecule has 1 aromatic carbocycles. The van der Waals surface area contributed by atoms with Crippen LogP contribution in [0.3, 0.4) is 0 Å². The highest BCUT2D eigenvalue weighted by atomic mass is 35.5. The minimum absolute atomic E-state index is 0.0600. The topological polar surface area (TPSA) is 38.7 Å². The van der Waals surface area contributed by atoms with Gasteiger partial charge in [0.1, 0.15) is 11.3 Å². The molecule has 0 aliphatic heterocycles. The van der Waals surface area contributed by atoms with Gasteiger partial charge in [-0.25, -0.2) is 4.99 Å². The smallest absolute Gasteiger partial charge is 0.431 e. The molecule has 0 amide bonds. The van der Waals surface area contributed by atoms with Crippen LogP contribution < -0.4 is 0 Å². The van der Waals surface area contributed by atoms with Gasteiger partial charge < -0.3 is 4.74 Å². The fraction of sp³-hybridized carbons (Fsp3) is 0.556. The molecule has 0 radical (unpaired) electrons. The van der Waals surface area contributed by atoms with E-state index in [1.807, 2.05) is 0 Å². The number of esters is 1. The van der Waals surface area contributed by atoms with Crippen molar-refractivity contribution < 1.29 is 22.7 Å². The summed E-state index contributed by atoms with van der Waals surface area (Å²) in [6.45, 7) is 10.00. The summed E-state index contributed by atoms with van der Waals surface area (Å²) in [6.07, 6.45) is -4.79. The van der Waals surface area contributed by atoms with Crippen LogP contribution in [0.25, 0.3) is 0 Å². The van der Waals surface area contributed by atoms with E-state index in [9.17, 15) is 18.0 Å². The van der Waals surface area contributed by atoms with Gasteiger partial charge in [-0.05, 0) is 45.0 Å². The van der Waals surface area contributed by atoms with Gasteiger partial charge in [0.15, 0.2) is 5.25 Å². The van der Waals surface area contributed by atoms with Gasteiger partial charge in [0, 0.05) is 9.77 Å². The monoisotopic (exact) mass is 409 g/mol. The second-order valence-corrected chi connectivity index (χ2v) is 9.98. The van der Waals surface area contributed by atoms with Crippen LogP contribution in [0.2, 0.25) is 5.02 Å². The van der Waals surface area contributed by atoms with Gasteiger partial charge in [-0.2, -0.15) is 13.2 Å². The lowest BCUT2D eigenvalue weighted by Gasteiger charge is -2.29. The molecule has 26 heavy (non-hydrogen) atoms. The maximum Gasteiger partial charge on any atom is 0.431 e. The number of halogens is 4. The largest absolute Gasteiger partial charge is 0.459 e. The van der Waals surface area contributed by atoms with Crippen molar-refractivity contribution in [1.82, 2.24) is 0 Å². The van der Waals surface area contributed by atoms with Gasteiger partial charge in [0.25, 0.3) is 0 Å². The Morgan fingerprint density at radius 3 is 1.96 bits per heavy atom. The van der Waals surface area contributed by atoms with Gasteiger partial charge in [0.05, 0.1) is 5.69 Å². The number of benzene rings is 1. The van der Waals surface area contributed by atoms with Gasteiger partial charge in [0.2, 0.25) is 0 Å². The lowest BCUT2D eigenvalue weighted by atomic mass is 10.2. The fourth-order valence-corrected chi connectivity index (χ4v) is 3.13. The average molecular weight is 410 g/mol. The summed E-state index contributed by atoms with van der Waals surface area (Å²) in [5.41, 5.74) is -2.05. The Balaban J connectivity index is 3.41. The van der Waals surface area contributed by atoms with E-state index in [1.165, 1.54) is 24.3 Å². The predicted octanol–water partition coefficient (Wildman–Crippen LogP) is 6.22. The number of aliphatic imine (C=N–C) groups is 1. The van der Waals surface area contributed by atoms with E-state index in [-0.39, 0.29) is 5.69 Å². The Labute approximate surface area is 161 Å². The molecule has 0 bridgehead atoms. The van der Waals surface area contributed by atoms with Crippen molar-refractivity contribution in [3.63, 3.8) is 0 Å². The molecule has 0 N–H and O–H groups in total. The Morgan fingerprint density at radius 2 is 1.58 bits per heavy atom. The Morgan fingerprint density at radius 1 is 1.08 bits per heavy atom. The third-order valence-corrected chi connectivity index (χ3v) is 4.32. The molecule has 3 nitrogen and oxygen atoms in total. The van der Waals surface area contributed by atoms with Crippen molar-refractivity contribution >= 4 is 40.7 Å². The number of alkyl halides is 3. The van der Waals surface area contributed by atoms with Gasteiger partial charge in [-0.3, -0.25) is 4.79 Å². The van der Waals surface area contributed by atoms with E-state index in [0.717, 1.165) is 11.8 Å². The number of nitrogens with zero attached hydrogens (tertiary/aromatic N) is 1. The molecule has 146 valence electrons. The number of carbonyl (C=O) groups excluding carboxylic acids is 1. The quantitative estimate of drug-likeness (QED) is 0.438. The third-order valence-electron chi connectivity index (χ3n) is 2.71. The summed E-state index contributed by atoms with van der Waals surface area (Å²) in [4.78, 5) is 16.2. The molecule has 0 saturated heterocycles. The second-order valence-electron chi connectivity index (χ2n) is 7.61. The molecule has 0 aromatic heterocycles. The summed E-state index contributed by atoms with van der Waals surface area (Å²) in [5, 5.41) is -1.23.